The van der Waals surface area contributed by atoms with Gasteiger partial charge in [-0.1, -0.05) is 35.9 Å². The van der Waals surface area contributed by atoms with Crippen LogP contribution in [0.25, 0.3) is 0 Å². The van der Waals surface area contributed by atoms with Crippen molar-refractivity contribution in [2.24, 2.45) is 0 Å². The Bertz CT molecular complexity index is 677. The van der Waals surface area contributed by atoms with Crippen LogP contribution >= 0.6 is 8.03 Å². The van der Waals surface area contributed by atoms with Crippen LogP contribution in [0.15, 0.2) is 42.5 Å². The van der Waals surface area contributed by atoms with Crippen LogP contribution in [-0.4, -0.2) is 12.9 Å². The summed E-state index contributed by atoms with van der Waals surface area (Å²) in [5, 5.41) is 0.440. The second-order valence-electron chi connectivity index (χ2n) is 4.60. The standard InChI is InChI=1S/C16H16O3P/c1-11-8-9-13(12(2)10-11)16(17)14-6-4-5-7-15(14)20(18)19-3/h4-10H,1-3H3/q+1. The van der Waals surface area contributed by atoms with Gasteiger partial charge in [0.2, 0.25) is 5.30 Å². The van der Waals surface area contributed by atoms with Crippen LogP contribution in [0.5, 0.6) is 0 Å². The van der Waals surface area contributed by atoms with E-state index in [4.69, 9.17) is 4.52 Å². The second kappa shape index (κ2) is 6.08. The number of aryl methyl sites for hydroxylation is 2. The number of carbonyl (C=O) groups excluding carboxylic acids is 1. The van der Waals surface area contributed by atoms with Gasteiger partial charge in [0.05, 0.1) is 12.7 Å². The van der Waals surface area contributed by atoms with E-state index in [1.165, 1.54) is 7.11 Å². The lowest BCUT2D eigenvalue weighted by atomic mass is 9.97. The average molecular weight is 287 g/mol. The maximum Gasteiger partial charge on any atom is 0.549 e. The number of carbonyl (C=O) groups is 1. The highest BCUT2D eigenvalue weighted by Gasteiger charge is 2.28. The topological polar surface area (TPSA) is 43.4 Å². The molecule has 1 unspecified atom stereocenters. The first-order chi connectivity index (χ1) is 9.54. The van der Waals surface area contributed by atoms with Gasteiger partial charge >= 0.3 is 8.03 Å². The highest BCUT2D eigenvalue weighted by Crippen LogP contribution is 2.24. The molecule has 0 heterocycles. The number of hydrogen-bond donors (Lipinski definition) is 0. The molecule has 0 saturated carbocycles. The van der Waals surface area contributed by atoms with Crippen LogP contribution in [-0.2, 0) is 9.09 Å². The molecule has 0 radical (unpaired) electrons. The minimum Gasteiger partial charge on any atom is -0.288 e. The Labute approximate surface area is 119 Å². The summed E-state index contributed by atoms with van der Waals surface area (Å²) >= 11 is 0. The van der Waals surface area contributed by atoms with Gasteiger partial charge in [-0.15, -0.1) is 4.52 Å². The molecule has 0 bridgehead atoms. The predicted molar refractivity (Wildman–Crippen MR) is 80.0 cm³/mol. The van der Waals surface area contributed by atoms with Gasteiger partial charge in [0, 0.05) is 5.56 Å². The molecule has 0 aliphatic carbocycles. The van der Waals surface area contributed by atoms with Crippen LogP contribution in [0, 0.1) is 13.8 Å². The molecule has 1 atom stereocenters. The van der Waals surface area contributed by atoms with Gasteiger partial charge in [-0.05, 0) is 36.1 Å². The summed E-state index contributed by atoms with van der Waals surface area (Å²) in [5.41, 5.74) is 3.08. The van der Waals surface area contributed by atoms with Crippen molar-refractivity contribution in [2.75, 3.05) is 7.11 Å². The van der Waals surface area contributed by atoms with E-state index in [1.54, 1.807) is 24.3 Å². The van der Waals surface area contributed by atoms with E-state index in [1.807, 2.05) is 32.0 Å². The Balaban J connectivity index is 2.51. The summed E-state index contributed by atoms with van der Waals surface area (Å²) in [4.78, 5) is 12.6. The van der Waals surface area contributed by atoms with Gasteiger partial charge in [-0.2, -0.15) is 0 Å². The molecule has 0 aliphatic heterocycles. The lowest BCUT2D eigenvalue weighted by Crippen LogP contribution is -2.14. The zero-order valence-electron chi connectivity index (χ0n) is 11.7. The van der Waals surface area contributed by atoms with Gasteiger partial charge in [0.1, 0.15) is 0 Å². The highest BCUT2D eigenvalue weighted by atomic mass is 31.1. The fraction of sp³-hybridized carbons (Fsp3) is 0.188. The van der Waals surface area contributed by atoms with E-state index >= 15 is 0 Å². The third-order valence-electron chi connectivity index (χ3n) is 3.14. The van der Waals surface area contributed by atoms with Crippen molar-refractivity contribution in [3.63, 3.8) is 0 Å². The van der Waals surface area contributed by atoms with E-state index in [0.717, 1.165) is 11.1 Å². The molecule has 0 aromatic heterocycles. The molecular weight excluding hydrogens is 271 g/mol. The van der Waals surface area contributed by atoms with Crippen LogP contribution in [0.3, 0.4) is 0 Å². The first kappa shape index (κ1) is 14.6. The molecule has 2 aromatic rings. The van der Waals surface area contributed by atoms with Crippen molar-refractivity contribution in [1.82, 2.24) is 0 Å². The summed E-state index contributed by atoms with van der Waals surface area (Å²) < 4.78 is 16.8. The molecule has 0 fully saturated rings. The van der Waals surface area contributed by atoms with Crippen molar-refractivity contribution in [2.45, 2.75) is 13.8 Å². The number of ketones is 1. The molecule has 0 saturated heterocycles. The Morgan fingerprint density at radius 1 is 1.05 bits per heavy atom. The van der Waals surface area contributed by atoms with Crippen LogP contribution in [0.2, 0.25) is 0 Å². The monoisotopic (exact) mass is 287 g/mol. The normalized spacial score (nSPS) is 11.2. The van der Waals surface area contributed by atoms with Gasteiger partial charge in [0.25, 0.3) is 0 Å². The molecule has 3 nitrogen and oxygen atoms in total. The van der Waals surface area contributed by atoms with Gasteiger partial charge in [-0.3, -0.25) is 4.79 Å². The van der Waals surface area contributed by atoms with E-state index in [0.29, 0.717) is 16.4 Å². The summed E-state index contributed by atoms with van der Waals surface area (Å²) in [6.07, 6.45) is 0. The van der Waals surface area contributed by atoms with Gasteiger partial charge in [0.15, 0.2) is 5.78 Å². The summed E-state index contributed by atoms with van der Waals surface area (Å²) in [7, 11) is -0.632. The fourth-order valence-corrected chi connectivity index (χ4v) is 2.91. The quantitative estimate of drug-likeness (QED) is 0.638. The molecule has 0 aliphatic rings. The average Bonchev–Trinajstić information content (AvgIpc) is 2.46. The van der Waals surface area contributed by atoms with Crippen LogP contribution < -0.4 is 5.30 Å². The summed E-state index contributed by atoms with van der Waals surface area (Å²) in [6.45, 7) is 3.89. The minimum absolute atomic E-state index is 0.126. The summed E-state index contributed by atoms with van der Waals surface area (Å²) in [5.74, 6) is -0.126. The Morgan fingerprint density at radius 3 is 2.40 bits per heavy atom. The van der Waals surface area contributed by atoms with E-state index in [9.17, 15) is 9.36 Å². The molecule has 20 heavy (non-hydrogen) atoms. The molecule has 4 heteroatoms. The molecule has 0 N–H and O–H groups in total. The molecular formula is C16H16O3P+. The van der Waals surface area contributed by atoms with Crippen molar-refractivity contribution in [3.8, 4) is 0 Å². The highest BCUT2D eigenvalue weighted by molar-refractivity contribution is 7.48. The van der Waals surface area contributed by atoms with E-state index < -0.39 is 8.03 Å². The van der Waals surface area contributed by atoms with Crippen LogP contribution in [0.1, 0.15) is 27.0 Å². The number of benzene rings is 2. The molecule has 0 spiro atoms. The molecule has 0 amide bonds. The van der Waals surface area contributed by atoms with Gasteiger partial charge in [-0.25, -0.2) is 0 Å². The van der Waals surface area contributed by atoms with Crippen molar-refractivity contribution >= 4 is 19.1 Å². The Hall–Kier alpha value is -1.83. The van der Waals surface area contributed by atoms with Crippen LogP contribution in [0.4, 0.5) is 0 Å². The molecule has 102 valence electrons. The Kier molecular flexibility index (Phi) is 4.43. The van der Waals surface area contributed by atoms with Gasteiger partial charge < -0.3 is 0 Å². The van der Waals surface area contributed by atoms with Crippen molar-refractivity contribution in [3.05, 3.63) is 64.7 Å². The smallest absolute Gasteiger partial charge is 0.288 e. The van der Waals surface area contributed by atoms with E-state index in [-0.39, 0.29) is 5.78 Å². The first-order valence-corrected chi connectivity index (χ1v) is 7.44. The lowest BCUT2D eigenvalue weighted by Gasteiger charge is -2.06. The third kappa shape index (κ3) is 2.84. The maximum atomic E-state index is 12.6. The lowest BCUT2D eigenvalue weighted by molar-refractivity contribution is 0.103. The van der Waals surface area contributed by atoms with Crippen molar-refractivity contribution in [1.29, 1.82) is 0 Å². The molecule has 2 aromatic carbocycles. The first-order valence-electron chi connectivity index (χ1n) is 6.27. The molecule has 2 rings (SSSR count). The maximum absolute atomic E-state index is 12.6. The fourth-order valence-electron chi connectivity index (χ4n) is 2.14. The predicted octanol–water partition coefficient (Wildman–Crippen LogP) is 3.55. The zero-order valence-corrected chi connectivity index (χ0v) is 12.6. The SMILES string of the molecule is CO[P+](=O)c1ccccc1C(=O)c1ccc(C)cc1C. The van der Waals surface area contributed by atoms with E-state index in [2.05, 4.69) is 0 Å². The Morgan fingerprint density at radius 2 is 1.75 bits per heavy atom. The second-order valence-corrected chi connectivity index (χ2v) is 5.97. The zero-order chi connectivity index (χ0) is 14.7. The van der Waals surface area contributed by atoms with Crippen molar-refractivity contribution < 1.29 is 13.9 Å². The minimum atomic E-state index is -2.00. The summed E-state index contributed by atoms with van der Waals surface area (Å²) in [6, 6.07) is 12.5. The third-order valence-corrected chi connectivity index (χ3v) is 4.25. The number of rotatable bonds is 4. The largest absolute Gasteiger partial charge is 0.549 e. The number of hydrogen-bond acceptors (Lipinski definition) is 3.